The second-order valence-electron chi connectivity index (χ2n) is 4.89. The van der Waals surface area contributed by atoms with Gasteiger partial charge in [0.05, 0.1) is 23.4 Å². The third-order valence-electron chi connectivity index (χ3n) is 3.31. The topological polar surface area (TPSA) is 50.4 Å². The van der Waals surface area contributed by atoms with Crippen molar-refractivity contribution in [2.24, 2.45) is 0 Å². The minimum atomic E-state index is -0.432. The molecule has 1 amide bonds. The van der Waals surface area contributed by atoms with Gasteiger partial charge in [-0.1, -0.05) is 11.6 Å². The molecule has 2 atom stereocenters. The number of amides is 1. The van der Waals surface area contributed by atoms with E-state index in [2.05, 4.69) is 10.6 Å². The van der Waals surface area contributed by atoms with Crippen LogP contribution in [0.3, 0.4) is 0 Å². The Morgan fingerprint density at radius 1 is 1.60 bits per heavy atom. The Balaban J connectivity index is 1.80. The number of anilines is 1. The molecule has 0 radical (unpaired) electrons. The van der Waals surface area contributed by atoms with Gasteiger partial charge in [0.1, 0.15) is 5.82 Å². The molecular weight excluding hydrogens is 283 g/mol. The van der Waals surface area contributed by atoms with E-state index < -0.39 is 5.82 Å². The number of hydrogen-bond acceptors (Lipinski definition) is 3. The molecule has 20 heavy (non-hydrogen) atoms. The lowest BCUT2D eigenvalue weighted by Gasteiger charge is -2.19. The van der Waals surface area contributed by atoms with Gasteiger partial charge in [-0.05, 0) is 38.0 Å². The summed E-state index contributed by atoms with van der Waals surface area (Å²) in [5.41, 5.74) is 0.407. The Bertz CT molecular complexity index is 478. The van der Waals surface area contributed by atoms with Crippen molar-refractivity contribution in [1.29, 1.82) is 0 Å². The number of carbonyl (C=O) groups excluding carboxylic acids is 1. The average Bonchev–Trinajstić information content (AvgIpc) is 2.93. The molecule has 2 N–H and O–H groups in total. The molecule has 6 heteroatoms. The van der Waals surface area contributed by atoms with Gasteiger partial charge in [-0.3, -0.25) is 4.79 Å². The first-order valence-corrected chi connectivity index (χ1v) is 7.04. The average molecular weight is 301 g/mol. The zero-order valence-corrected chi connectivity index (χ0v) is 12.0. The van der Waals surface area contributed by atoms with E-state index in [0.717, 1.165) is 19.4 Å². The summed E-state index contributed by atoms with van der Waals surface area (Å²) in [5, 5.41) is 5.95. The zero-order valence-electron chi connectivity index (χ0n) is 11.3. The SMILES string of the molecule is C[C@@H](NCC(=O)Nc1ccc(F)cc1Cl)[C@@H]1CCCO1. The number of hydrogen-bond donors (Lipinski definition) is 2. The molecule has 2 rings (SSSR count). The maximum absolute atomic E-state index is 12.9. The van der Waals surface area contributed by atoms with Gasteiger partial charge in [-0.15, -0.1) is 0 Å². The molecule has 110 valence electrons. The fourth-order valence-corrected chi connectivity index (χ4v) is 2.38. The van der Waals surface area contributed by atoms with Gasteiger partial charge in [0.2, 0.25) is 5.91 Å². The molecule has 1 saturated heterocycles. The highest BCUT2D eigenvalue weighted by molar-refractivity contribution is 6.33. The summed E-state index contributed by atoms with van der Waals surface area (Å²) in [6, 6.07) is 3.98. The molecule has 1 fully saturated rings. The zero-order chi connectivity index (χ0) is 14.5. The van der Waals surface area contributed by atoms with Crippen molar-refractivity contribution in [2.75, 3.05) is 18.5 Å². The van der Waals surface area contributed by atoms with E-state index >= 15 is 0 Å². The van der Waals surface area contributed by atoms with Crippen molar-refractivity contribution in [1.82, 2.24) is 5.32 Å². The molecule has 1 heterocycles. The summed E-state index contributed by atoms with van der Waals surface area (Å²) < 4.78 is 18.4. The predicted octanol–water partition coefficient (Wildman–Crippen LogP) is 2.57. The largest absolute Gasteiger partial charge is 0.377 e. The van der Waals surface area contributed by atoms with Gasteiger partial charge < -0.3 is 15.4 Å². The van der Waals surface area contributed by atoms with Gasteiger partial charge >= 0.3 is 0 Å². The molecule has 0 saturated carbocycles. The molecule has 1 aliphatic rings. The molecule has 0 spiro atoms. The van der Waals surface area contributed by atoms with E-state index in [4.69, 9.17) is 16.3 Å². The van der Waals surface area contributed by atoms with Crippen LogP contribution >= 0.6 is 11.6 Å². The van der Waals surface area contributed by atoms with Crippen LogP contribution in [0.5, 0.6) is 0 Å². The van der Waals surface area contributed by atoms with Crippen LogP contribution in [-0.4, -0.2) is 31.2 Å². The summed E-state index contributed by atoms with van der Waals surface area (Å²) >= 11 is 5.84. The van der Waals surface area contributed by atoms with E-state index in [1.165, 1.54) is 18.2 Å². The van der Waals surface area contributed by atoms with Crippen molar-refractivity contribution < 1.29 is 13.9 Å². The van der Waals surface area contributed by atoms with Crippen LogP contribution in [0.25, 0.3) is 0 Å². The van der Waals surface area contributed by atoms with Crippen LogP contribution in [0.2, 0.25) is 5.02 Å². The lowest BCUT2D eigenvalue weighted by Crippen LogP contribution is -2.41. The minimum Gasteiger partial charge on any atom is -0.377 e. The summed E-state index contributed by atoms with van der Waals surface area (Å²) in [5.74, 6) is -0.651. The highest BCUT2D eigenvalue weighted by Crippen LogP contribution is 2.22. The highest BCUT2D eigenvalue weighted by atomic mass is 35.5. The van der Waals surface area contributed by atoms with Crippen molar-refractivity contribution >= 4 is 23.2 Å². The van der Waals surface area contributed by atoms with Gasteiger partial charge in [0.25, 0.3) is 0 Å². The maximum Gasteiger partial charge on any atom is 0.238 e. The van der Waals surface area contributed by atoms with Gasteiger partial charge in [0.15, 0.2) is 0 Å². The third kappa shape index (κ3) is 4.16. The van der Waals surface area contributed by atoms with Crippen LogP contribution in [0.1, 0.15) is 19.8 Å². The number of rotatable bonds is 5. The Morgan fingerprint density at radius 3 is 3.05 bits per heavy atom. The first-order chi connectivity index (χ1) is 9.56. The summed E-state index contributed by atoms with van der Waals surface area (Å²) in [7, 11) is 0. The Morgan fingerprint density at radius 2 is 2.40 bits per heavy atom. The number of ether oxygens (including phenoxy) is 1. The molecule has 1 aromatic rings. The molecule has 0 aromatic heterocycles. The van der Waals surface area contributed by atoms with E-state index in [1.54, 1.807) is 0 Å². The first-order valence-electron chi connectivity index (χ1n) is 6.66. The van der Waals surface area contributed by atoms with Gasteiger partial charge in [-0.25, -0.2) is 4.39 Å². The quantitative estimate of drug-likeness (QED) is 0.879. The number of carbonyl (C=O) groups is 1. The first kappa shape index (κ1) is 15.2. The summed E-state index contributed by atoms with van der Waals surface area (Å²) in [6.45, 7) is 2.94. The minimum absolute atomic E-state index is 0.118. The summed E-state index contributed by atoms with van der Waals surface area (Å²) in [6.07, 6.45) is 2.24. The molecule has 0 bridgehead atoms. The fourth-order valence-electron chi connectivity index (χ4n) is 2.17. The highest BCUT2D eigenvalue weighted by Gasteiger charge is 2.22. The van der Waals surface area contributed by atoms with Gasteiger partial charge in [0, 0.05) is 12.6 Å². The molecule has 0 aliphatic carbocycles. The van der Waals surface area contributed by atoms with Crippen LogP contribution in [0, 0.1) is 5.82 Å². The maximum atomic E-state index is 12.9. The molecule has 4 nitrogen and oxygen atoms in total. The van der Waals surface area contributed by atoms with Crippen LogP contribution in [0.4, 0.5) is 10.1 Å². The smallest absolute Gasteiger partial charge is 0.238 e. The van der Waals surface area contributed by atoms with E-state index in [0.29, 0.717) is 5.69 Å². The van der Waals surface area contributed by atoms with Crippen molar-refractivity contribution in [3.05, 3.63) is 29.0 Å². The monoisotopic (exact) mass is 300 g/mol. The fraction of sp³-hybridized carbons (Fsp3) is 0.500. The van der Waals surface area contributed by atoms with E-state index in [9.17, 15) is 9.18 Å². The Kier molecular flexibility index (Phi) is 5.34. The van der Waals surface area contributed by atoms with Crippen molar-refractivity contribution in [3.8, 4) is 0 Å². The number of benzene rings is 1. The molecule has 1 aliphatic heterocycles. The van der Waals surface area contributed by atoms with Crippen LogP contribution in [0.15, 0.2) is 18.2 Å². The van der Waals surface area contributed by atoms with Crippen molar-refractivity contribution in [3.63, 3.8) is 0 Å². The Labute approximate surface area is 122 Å². The van der Waals surface area contributed by atoms with E-state index in [-0.39, 0.29) is 29.6 Å². The lowest BCUT2D eigenvalue weighted by atomic mass is 10.1. The van der Waals surface area contributed by atoms with E-state index in [1.807, 2.05) is 6.92 Å². The molecule has 0 unspecified atom stereocenters. The Hall–Kier alpha value is -1.17. The van der Waals surface area contributed by atoms with Crippen LogP contribution in [-0.2, 0) is 9.53 Å². The second kappa shape index (κ2) is 7.02. The third-order valence-corrected chi connectivity index (χ3v) is 3.63. The van der Waals surface area contributed by atoms with Gasteiger partial charge in [-0.2, -0.15) is 0 Å². The number of nitrogens with one attached hydrogen (secondary N) is 2. The second-order valence-corrected chi connectivity index (χ2v) is 5.30. The standard InChI is InChI=1S/C14H18ClFN2O2/c1-9(13-3-2-6-20-13)17-8-14(19)18-12-5-4-10(16)7-11(12)15/h4-5,7,9,13,17H,2-3,6,8H2,1H3,(H,18,19)/t9-,13+/m1/s1. The van der Waals surface area contributed by atoms with Crippen LogP contribution < -0.4 is 10.6 Å². The predicted molar refractivity (Wildman–Crippen MR) is 76.5 cm³/mol. The normalized spacial score (nSPS) is 19.9. The summed E-state index contributed by atoms with van der Waals surface area (Å²) in [4.78, 5) is 11.8. The number of halogens is 2. The lowest BCUT2D eigenvalue weighted by molar-refractivity contribution is -0.115. The van der Waals surface area contributed by atoms with Crippen molar-refractivity contribution in [2.45, 2.75) is 31.9 Å². The molecule has 1 aromatic carbocycles. The molecular formula is C14H18ClFN2O2.